The normalized spacial score (nSPS) is 14.4. The number of rotatable bonds is 5. The van der Waals surface area contributed by atoms with Crippen molar-refractivity contribution in [3.63, 3.8) is 0 Å². The Morgan fingerprint density at radius 3 is 2.64 bits per heavy atom. The van der Waals surface area contributed by atoms with E-state index in [-0.39, 0.29) is 5.91 Å². The molecule has 0 fully saturated rings. The van der Waals surface area contributed by atoms with Gasteiger partial charge in [-0.2, -0.15) is 0 Å². The minimum atomic E-state index is -0.634. The Morgan fingerprint density at radius 2 is 1.88 bits per heavy atom. The summed E-state index contributed by atoms with van der Waals surface area (Å²) in [6, 6.07) is 11.2. The van der Waals surface area contributed by atoms with E-state index in [1.807, 2.05) is 6.07 Å². The van der Waals surface area contributed by atoms with E-state index >= 15 is 0 Å². The van der Waals surface area contributed by atoms with Gasteiger partial charge in [0.2, 0.25) is 0 Å². The van der Waals surface area contributed by atoms with E-state index in [4.69, 9.17) is 21.1 Å². The number of benzene rings is 2. The molecule has 0 aliphatic heterocycles. The largest absolute Gasteiger partial charge is 0.495 e. The van der Waals surface area contributed by atoms with Gasteiger partial charge in [0, 0.05) is 5.02 Å². The predicted octanol–water partition coefficient (Wildman–Crippen LogP) is 4.63. The summed E-state index contributed by atoms with van der Waals surface area (Å²) < 4.78 is 11.1. The number of anilines is 1. The molecule has 1 atom stereocenters. The van der Waals surface area contributed by atoms with Crippen molar-refractivity contribution in [2.45, 2.75) is 38.7 Å². The van der Waals surface area contributed by atoms with Crippen molar-refractivity contribution in [1.29, 1.82) is 0 Å². The zero-order chi connectivity index (χ0) is 17.8. The van der Waals surface area contributed by atoms with Gasteiger partial charge in [0.05, 0.1) is 12.8 Å². The van der Waals surface area contributed by atoms with Gasteiger partial charge in [-0.3, -0.25) is 4.79 Å². The van der Waals surface area contributed by atoms with Gasteiger partial charge in [-0.25, -0.2) is 0 Å². The third-order valence-electron chi connectivity index (χ3n) is 4.42. The minimum Gasteiger partial charge on any atom is -0.495 e. The van der Waals surface area contributed by atoms with Gasteiger partial charge < -0.3 is 14.8 Å². The highest BCUT2D eigenvalue weighted by molar-refractivity contribution is 6.31. The van der Waals surface area contributed by atoms with E-state index in [0.29, 0.717) is 16.5 Å². The molecule has 132 valence electrons. The molecule has 0 aromatic heterocycles. The van der Waals surface area contributed by atoms with E-state index in [9.17, 15) is 4.79 Å². The molecule has 1 unspecified atom stereocenters. The lowest BCUT2D eigenvalue weighted by Crippen LogP contribution is -2.30. The maximum absolute atomic E-state index is 12.5. The number of halogens is 1. The van der Waals surface area contributed by atoms with Crippen molar-refractivity contribution in [2.75, 3.05) is 12.4 Å². The molecule has 3 rings (SSSR count). The highest BCUT2D eigenvalue weighted by atomic mass is 35.5. The van der Waals surface area contributed by atoms with E-state index in [2.05, 4.69) is 17.4 Å². The highest BCUT2D eigenvalue weighted by Crippen LogP contribution is 2.29. The Bertz CT molecular complexity index is 776. The molecule has 0 radical (unpaired) electrons. The molecule has 2 aromatic rings. The predicted molar refractivity (Wildman–Crippen MR) is 99.8 cm³/mol. The van der Waals surface area contributed by atoms with Crippen LogP contribution in [-0.4, -0.2) is 19.1 Å². The van der Waals surface area contributed by atoms with Gasteiger partial charge in [-0.1, -0.05) is 17.7 Å². The van der Waals surface area contributed by atoms with Crippen LogP contribution in [0.15, 0.2) is 36.4 Å². The maximum atomic E-state index is 12.5. The first kappa shape index (κ1) is 17.6. The SMILES string of the molecule is COc1ccc(Cl)cc1NC(=O)C(C)Oc1ccc2c(c1)CCCC2. The first-order chi connectivity index (χ1) is 12.1. The van der Waals surface area contributed by atoms with Gasteiger partial charge in [0.25, 0.3) is 5.91 Å². The molecular formula is C20H22ClNO3. The van der Waals surface area contributed by atoms with Crippen molar-refractivity contribution in [1.82, 2.24) is 0 Å². The molecule has 2 aromatic carbocycles. The lowest BCUT2D eigenvalue weighted by atomic mass is 9.92. The van der Waals surface area contributed by atoms with Gasteiger partial charge >= 0.3 is 0 Å². The summed E-state index contributed by atoms with van der Waals surface area (Å²) in [4.78, 5) is 12.5. The summed E-state index contributed by atoms with van der Waals surface area (Å²) in [5.41, 5.74) is 3.24. The van der Waals surface area contributed by atoms with Crippen LogP contribution in [0.2, 0.25) is 5.02 Å². The van der Waals surface area contributed by atoms with Gasteiger partial charge in [0.15, 0.2) is 6.10 Å². The van der Waals surface area contributed by atoms with Crippen LogP contribution in [0.5, 0.6) is 11.5 Å². The van der Waals surface area contributed by atoms with Crippen LogP contribution in [0.25, 0.3) is 0 Å². The standard InChI is InChI=1S/C20H22ClNO3/c1-13(20(23)22-18-12-16(21)8-10-19(18)24-2)25-17-9-7-14-5-3-4-6-15(14)11-17/h7-13H,3-6H2,1-2H3,(H,22,23). The summed E-state index contributed by atoms with van der Waals surface area (Å²) in [6.07, 6.45) is 4.02. The van der Waals surface area contributed by atoms with Crippen LogP contribution >= 0.6 is 11.6 Å². The topological polar surface area (TPSA) is 47.6 Å². The summed E-state index contributed by atoms with van der Waals surface area (Å²) in [7, 11) is 1.55. The number of carbonyl (C=O) groups is 1. The summed E-state index contributed by atoms with van der Waals surface area (Å²) in [5, 5.41) is 3.34. The molecule has 0 saturated carbocycles. The Hall–Kier alpha value is -2.20. The number of hydrogen-bond donors (Lipinski definition) is 1. The van der Waals surface area contributed by atoms with Crippen LogP contribution in [0.4, 0.5) is 5.69 Å². The van der Waals surface area contributed by atoms with Gasteiger partial charge in [0.1, 0.15) is 11.5 Å². The van der Waals surface area contributed by atoms with Crippen molar-refractivity contribution < 1.29 is 14.3 Å². The molecule has 4 nitrogen and oxygen atoms in total. The Morgan fingerprint density at radius 1 is 1.12 bits per heavy atom. The quantitative estimate of drug-likeness (QED) is 0.846. The van der Waals surface area contributed by atoms with E-state index in [1.165, 1.54) is 24.0 Å². The molecule has 0 saturated heterocycles. The molecule has 0 spiro atoms. The lowest BCUT2D eigenvalue weighted by molar-refractivity contribution is -0.122. The Labute approximate surface area is 153 Å². The molecule has 1 N–H and O–H groups in total. The van der Waals surface area contributed by atoms with Crippen LogP contribution in [0, 0.1) is 0 Å². The second-order valence-corrected chi connectivity index (χ2v) is 6.67. The Balaban J connectivity index is 1.68. The number of amides is 1. The van der Waals surface area contributed by atoms with E-state index in [0.717, 1.165) is 18.6 Å². The molecule has 1 amide bonds. The number of hydrogen-bond acceptors (Lipinski definition) is 3. The third-order valence-corrected chi connectivity index (χ3v) is 4.66. The van der Waals surface area contributed by atoms with Crippen LogP contribution < -0.4 is 14.8 Å². The molecule has 0 bridgehead atoms. The highest BCUT2D eigenvalue weighted by Gasteiger charge is 2.18. The van der Waals surface area contributed by atoms with Crippen molar-refractivity contribution in [3.05, 3.63) is 52.5 Å². The van der Waals surface area contributed by atoms with E-state index in [1.54, 1.807) is 32.2 Å². The third kappa shape index (κ3) is 4.26. The second-order valence-electron chi connectivity index (χ2n) is 6.23. The number of nitrogens with one attached hydrogen (secondary N) is 1. The molecular weight excluding hydrogens is 338 g/mol. The van der Waals surface area contributed by atoms with Gasteiger partial charge in [-0.05, 0) is 74.1 Å². The fourth-order valence-electron chi connectivity index (χ4n) is 3.05. The van der Waals surface area contributed by atoms with Crippen molar-refractivity contribution in [3.8, 4) is 11.5 Å². The molecule has 1 aliphatic carbocycles. The number of carbonyl (C=O) groups excluding carboxylic acids is 1. The zero-order valence-electron chi connectivity index (χ0n) is 14.5. The summed E-state index contributed by atoms with van der Waals surface area (Å²) in [5.74, 6) is 1.03. The molecule has 25 heavy (non-hydrogen) atoms. The first-order valence-electron chi connectivity index (χ1n) is 8.49. The molecule has 0 heterocycles. The number of fused-ring (bicyclic) bond motifs is 1. The first-order valence-corrected chi connectivity index (χ1v) is 8.87. The lowest BCUT2D eigenvalue weighted by Gasteiger charge is -2.19. The molecule has 5 heteroatoms. The van der Waals surface area contributed by atoms with Crippen molar-refractivity contribution >= 4 is 23.2 Å². The van der Waals surface area contributed by atoms with Crippen molar-refractivity contribution in [2.24, 2.45) is 0 Å². The number of aryl methyl sites for hydroxylation is 2. The Kier molecular flexibility index (Phi) is 5.49. The minimum absolute atomic E-state index is 0.252. The smallest absolute Gasteiger partial charge is 0.265 e. The molecule has 1 aliphatic rings. The van der Waals surface area contributed by atoms with Crippen LogP contribution in [0.3, 0.4) is 0 Å². The second kappa shape index (κ2) is 7.79. The van der Waals surface area contributed by atoms with Crippen LogP contribution in [0.1, 0.15) is 30.9 Å². The fraction of sp³-hybridized carbons (Fsp3) is 0.350. The number of ether oxygens (including phenoxy) is 2. The fourth-order valence-corrected chi connectivity index (χ4v) is 3.23. The van der Waals surface area contributed by atoms with E-state index < -0.39 is 6.10 Å². The number of methoxy groups -OCH3 is 1. The monoisotopic (exact) mass is 359 g/mol. The van der Waals surface area contributed by atoms with Gasteiger partial charge in [-0.15, -0.1) is 0 Å². The summed E-state index contributed by atoms with van der Waals surface area (Å²) in [6.45, 7) is 1.73. The average Bonchev–Trinajstić information content (AvgIpc) is 2.61. The maximum Gasteiger partial charge on any atom is 0.265 e. The average molecular weight is 360 g/mol. The summed E-state index contributed by atoms with van der Waals surface area (Å²) >= 11 is 6.00. The van der Waals surface area contributed by atoms with Crippen LogP contribution in [-0.2, 0) is 17.6 Å². The zero-order valence-corrected chi connectivity index (χ0v) is 15.2.